The summed E-state index contributed by atoms with van der Waals surface area (Å²) in [5.74, 6) is -1.06. The predicted octanol–water partition coefficient (Wildman–Crippen LogP) is 0.606. The van der Waals surface area contributed by atoms with E-state index in [1.807, 2.05) is 19.0 Å². The Hall–Kier alpha value is -2.12. The van der Waals surface area contributed by atoms with Gasteiger partial charge in [0.1, 0.15) is 0 Å². The number of rotatable bonds is 7. The molecule has 0 aliphatic heterocycles. The second-order valence-electron chi connectivity index (χ2n) is 5.00. The first-order valence-corrected chi connectivity index (χ1v) is 6.68. The highest BCUT2D eigenvalue weighted by Gasteiger charge is 2.13. The molecule has 0 fully saturated rings. The van der Waals surface area contributed by atoms with Gasteiger partial charge in [-0.2, -0.15) is 0 Å². The molecule has 0 spiro atoms. The summed E-state index contributed by atoms with van der Waals surface area (Å²) >= 11 is 0. The van der Waals surface area contributed by atoms with E-state index in [2.05, 4.69) is 4.98 Å². The molecule has 0 bridgehead atoms. The third kappa shape index (κ3) is 3.50. The summed E-state index contributed by atoms with van der Waals surface area (Å²) in [6.07, 6.45) is 0. The Kier molecular flexibility index (Phi) is 4.77. The van der Waals surface area contributed by atoms with E-state index in [4.69, 9.17) is 9.84 Å². The van der Waals surface area contributed by atoms with Crippen molar-refractivity contribution in [2.45, 2.75) is 6.54 Å². The van der Waals surface area contributed by atoms with E-state index in [1.165, 1.54) is 10.6 Å². The highest BCUT2D eigenvalue weighted by molar-refractivity contribution is 6.00. The summed E-state index contributed by atoms with van der Waals surface area (Å²) in [5, 5.41) is 9.12. The van der Waals surface area contributed by atoms with Gasteiger partial charge in [-0.15, -0.1) is 0 Å². The molecule has 1 heterocycles. The van der Waals surface area contributed by atoms with Crippen LogP contribution >= 0.6 is 0 Å². The van der Waals surface area contributed by atoms with Crippen LogP contribution in [0.3, 0.4) is 0 Å². The minimum absolute atomic E-state index is 0.0943. The van der Waals surface area contributed by atoms with Crippen molar-refractivity contribution in [1.82, 2.24) is 14.5 Å². The van der Waals surface area contributed by atoms with Crippen LogP contribution in [0.15, 0.2) is 23.0 Å². The first kappa shape index (κ1) is 15.3. The smallest absolute Gasteiger partial charge is 0.337 e. The Bertz CT molecular complexity index is 687. The molecule has 2 N–H and O–H groups in total. The van der Waals surface area contributed by atoms with Crippen molar-refractivity contribution in [1.29, 1.82) is 0 Å². The van der Waals surface area contributed by atoms with Crippen molar-refractivity contribution in [3.63, 3.8) is 0 Å². The fourth-order valence-electron chi connectivity index (χ4n) is 2.09. The normalized spacial score (nSPS) is 11.4. The Morgan fingerprint density at radius 2 is 2.14 bits per heavy atom. The number of ether oxygens (including phenoxy) is 1. The summed E-state index contributed by atoms with van der Waals surface area (Å²) in [7, 11) is 3.92. The molecule has 0 unspecified atom stereocenters. The first-order valence-electron chi connectivity index (χ1n) is 6.68. The number of fused-ring (bicyclic) bond motifs is 1. The van der Waals surface area contributed by atoms with Gasteiger partial charge in [-0.1, -0.05) is 6.07 Å². The molecule has 0 saturated heterocycles. The van der Waals surface area contributed by atoms with E-state index in [-0.39, 0.29) is 11.3 Å². The number of H-pyrrole nitrogens is 1. The SMILES string of the molecule is CN(C)CCOCCn1c(=O)[nH]c2c(C(=O)O)cccc21. The summed E-state index contributed by atoms with van der Waals surface area (Å²) in [6, 6.07) is 4.82. The topological polar surface area (TPSA) is 87.6 Å². The summed E-state index contributed by atoms with van der Waals surface area (Å²) in [5.41, 5.74) is 0.700. The predicted molar refractivity (Wildman–Crippen MR) is 78.9 cm³/mol. The van der Waals surface area contributed by atoms with Crippen molar-refractivity contribution < 1.29 is 14.6 Å². The average Bonchev–Trinajstić information content (AvgIpc) is 2.73. The number of nitrogens with one attached hydrogen (secondary N) is 1. The number of carboxylic acid groups (broad SMARTS) is 1. The first-order chi connectivity index (χ1) is 10.0. The van der Waals surface area contributed by atoms with Crippen LogP contribution in [0.2, 0.25) is 0 Å². The molecule has 114 valence electrons. The number of likely N-dealkylation sites (N-methyl/N-ethyl adjacent to an activating group) is 1. The van der Waals surface area contributed by atoms with Crippen molar-refractivity contribution in [3.8, 4) is 0 Å². The minimum atomic E-state index is -1.06. The molecular formula is C14H19N3O4. The van der Waals surface area contributed by atoms with Gasteiger partial charge in [-0.05, 0) is 26.2 Å². The molecule has 7 nitrogen and oxygen atoms in total. The van der Waals surface area contributed by atoms with Gasteiger partial charge in [0.25, 0.3) is 0 Å². The number of benzene rings is 1. The van der Waals surface area contributed by atoms with Crippen LogP contribution in [0.25, 0.3) is 11.0 Å². The number of imidazole rings is 1. The number of para-hydroxylation sites is 1. The van der Waals surface area contributed by atoms with Gasteiger partial charge in [0.15, 0.2) is 0 Å². The van der Waals surface area contributed by atoms with Gasteiger partial charge in [0.05, 0.1) is 36.4 Å². The number of nitrogens with zero attached hydrogens (tertiary/aromatic N) is 2. The Morgan fingerprint density at radius 3 is 2.81 bits per heavy atom. The monoisotopic (exact) mass is 293 g/mol. The molecule has 0 radical (unpaired) electrons. The molecule has 0 atom stereocenters. The minimum Gasteiger partial charge on any atom is -0.478 e. The van der Waals surface area contributed by atoms with Gasteiger partial charge in [0.2, 0.25) is 0 Å². The van der Waals surface area contributed by atoms with E-state index in [0.29, 0.717) is 30.8 Å². The number of hydrogen-bond donors (Lipinski definition) is 2. The maximum Gasteiger partial charge on any atom is 0.337 e. The van der Waals surface area contributed by atoms with E-state index >= 15 is 0 Å². The Labute approximate surface area is 121 Å². The lowest BCUT2D eigenvalue weighted by Crippen LogP contribution is -2.22. The lowest BCUT2D eigenvalue weighted by atomic mass is 10.2. The van der Waals surface area contributed by atoms with Crippen LogP contribution in [0, 0.1) is 0 Å². The molecule has 1 aromatic heterocycles. The largest absolute Gasteiger partial charge is 0.478 e. The van der Waals surface area contributed by atoms with Gasteiger partial charge in [-0.25, -0.2) is 9.59 Å². The zero-order valence-corrected chi connectivity index (χ0v) is 12.1. The van der Waals surface area contributed by atoms with Crippen LogP contribution in [0.5, 0.6) is 0 Å². The van der Waals surface area contributed by atoms with E-state index < -0.39 is 5.97 Å². The second kappa shape index (κ2) is 6.55. The molecule has 21 heavy (non-hydrogen) atoms. The Balaban J connectivity index is 2.14. The number of carbonyl (C=O) groups is 1. The third-order valence-corrected chi connectivity index (χ3v) is 3.18. The van der Waals surface area contributed by atoms with Crippen LogP contribution in [-0.4, -0.2) is 59.4 Å². The van der Waals surface area contributed by atoms with Crippen LogP contribution in [0.4, 0.5) is 0 Å². The highest BCUT2D eigenvalue weighted by Crippen LogP contribution is 2.15. The summed E-state index contributed by atoms with van der Waals surface area (Å²) < 4.78 is 6.97. The molecule has 2 aromatic rings. The average molecular weight is 293 g/mol. The number of carboxylic acids is 1. The fourth-order valence-corrected chi connectivity index (χ4v) is 2.09. The highest BCUT2D eigenvalue weighted by atomic mass is 16.5. The fraction of sp³-hybridized carbons (Fsp3) is 0.429. The van der Waals surface area contributed by atoms with Crippen molar-refractivity contribution >= 4 is 17.0 Å². The quantitative estimate of drug-likeness (QED) is 0.730. The summed E-state index contributed by atoms with van der Waals surface area (Å²) in [4.78, 5) is 27.7. The molecule has 1 aromatic carbocycles. The molecule has 2 rings (SSSR count). The maximum absolute atomic E-state index is 11.9. The molecule has 7 heteroatoms. The zero-order chi connectivity index (χ0) is 15.4. The zero-order valence-electron chi connectivity index (χ0n) is 12.1. The van der Waals surface area contributed by atoms with Crippen molar-refractivity contribution in [2.24, 2.45) is 0 Å². The van der Waals surface area contributed by atoms with Crippen molar-refractivity contribution in [2.75, 3.05) is 33.9 Å². The van der Waals surface area contributed by atoms with Crippen LogP contribution < -0.4 is 5.69 Å². The molecule has 0 aliphatic rings. The molecule has 0 aliphatic carbocycles. The molecular weight excluding hydrogens is 274 g/mol. The van der Waals surface area contributed by atoms with Gasteiger partial charge in [-0.3, -0.25) is 4.57 Å². The molecule has 0 amide bonds. The maximum atomic E-state index is 11.9. The van der Waals surface area contributed by atoms with Crippen LogP contribution in [-0.2, 0) is 11.3 Å². The van der Waals surface area contributed by atoms with Gasteiger partial charge >= 0.3 is 11.7 Å². The number of aromatic amines is 1. The standard InChI is InChI=1S/C14H19N3O4/c1-16(2)6-8-21-9-7-17-11-5-3-4-10(13(18)19)12(11)15-14(17)20/h3-5H,6-9H2,1-2H3,(H,15,20)(H,18,19). The number of aromatic carboxylic acids is 1. The third-order valence-electron chi connectivity index (χ3n) is 3.18. The van der Waals surface area contributed by atoms with Crippen molar-refractivity contribution in [3.05, 3.63) is 34.2 Å². The van der Waals surface area contributed by atoms with Gasteiger partial charge in [0, 0.05) is 6.54 Å². The number of aromatic nitrogens is 2. The lowest BCUT2D eigenvalue weighted by Gasteiger charge is -2.10. The molecule has 0 saturated carbocycles. The lowest BCUT2D eigenvalue weighted by molar-refractivity contribution is 0.0699. The summed E-state index contributed by atoms with van der Waals surface area (Å²) in [6.45, 7) is 2.18. The van der Waals surface area contributed by atoms with E-state index in [9.17, 15) is 9.59 Å². The van der Waals surface area contributed by atoms with E-state index in [0.717, 1.165) is 6.54 Å². The Morgan fingerprint density at radius 1 is 1.38 bits per heavy atom. The van der Waals surface area contributed by atoms with Crippen LogP contribution in [0.1, 0.15) is 10.4 Å². The second-order valence-corrected chi connectivity index (χ2v) is 5.00. The van der Waals surface area contributed by atoms with Gasteiger partial charge < -0.3 is 19.7 Å². The van der Waals surface area contributed by atoms with E-state index in [1.54, 1.807) is 12.1 Å². The number of hydrogen-bond acceptors (Lipinski definition) is 4.